The Kier molecular flexibility index (Phi) is 7.06. The highest BCUT2D eigenvalue weighted by Crippen LogP contribution is 2.47. The van der Waals surface area contributed by atoms with Gasteiger partial charge in [-0.3, -0.25) is 4.79 Å². The number of guanidine groups is 1. The van der Waals surface area contributed by atoms with E-state index in [1.54, 1.807) is 0 Å². The monoisotopic (exact) mass is 498 g/mol. The Morgan fingerprint density at radius 3 is 2.89 bits per heavy atom. The van der Waals surface area contributed by atoms with Gasteiger partial charge in [-0.15, -0.1) is 24.0 Å². The number of anilines is 1. The van der Waals surface area contributed by atoms with Crippen LogP contribution in [0.4, 0.5) is 5.69 Å². The fraction of sp³-hybridized carbons (Fsp3) is 0.619. The van der Waals surface area contributed by atoms with Gasteiger partial charge in [-0.1, -0.05) is 6.42 Å². The van der Waals surface area contributed by atoms with Crippen molar-refractivity contribution in [3.05, 3.63) is 23.8 Å². The van der Waals surface area contributed by atoms with Gasteiger partial charge in [-0.05, 0) is 61.8 Å². The SMILES string of the molecule is CCNC(=NCCOc1ccc2c(c1)CCC(=O)N2)N1CCC2(CCC2)C1.I. The number of hydrogen-bond donors (Lipinski definition) is 2. The highest BCUT2D eigenvalue weighted by Gasteiger charge is 2.43. The summed E-state index contributed by atoms with van der Waals surface area (Å²) in [7, 11) is 0. The van der Waals surface area contributed by atoms with Gasteiger partial charge >= 0.3 is 0 Å². The maximum atomic E-state index is 11.4. The van der Waals surface area contributed by atoms with Crippen LogP contribution < -0.4 is 15.4 Å². The van der Waals surface area contributed by atoms with Crippen molar-refractivity contribution in [1.82, 2.24) is 10.2 Å². The number of benzene rings is 1. The van der Waals surface area contributed by atoms with E-state index in [4.69, 9.17) is 9.73 Å². The average Bonchev–Trinajstić information content (AvgIpc) is 3.10. The van der Waals surface area contributed by atoms with Crippen molar-refractivity contribution >= 4 is 41.5 Å². The van der Waals surface area contributed by atoms with Gasteiger partial charge in [0.05, 0.1) is 6.54 Å². The molecular formula is C21H31IN4O2. The van der Waals surface area contributed by atoms with Gasteiger partial charge in [0.25, 0.3) is 0 Å². The van der Waals surface area contributed by atoms with Crippen LogP contribution in [0.1, 0.15) is 44.6 Å². The molecule has 0 unspecified atom stereocenters. The number of rotatable bonds is 5. The van der Waals surface area contributed by atoms with Crippen LogP contribution in [0.15, 0.2) is 23.2 Å². The molecular weight excluding hydrogens is 467 g/mol. The summed E-state index contributed by atoms with van der Waals surface area (Å²) in [4.78, 5) is 18.6. The van der Waals surface area contributed by atoms with Crippen molar-refractivity contribution < 1.29 is 9.53 Å². The molecule has 7 heteroatoms. The van der Waals surface area contributed by atoms with E-state index < -0.39 is 0 Å². The summed E-state index contributed by atoms with van der Waals surface area (Å²) in [6, 6.07) is 5.88. The quantitative estimate of drug-likeness (QED) is 0.283. The zero-order valence-corrected chi connectivity index (χ0v) is 19.0. The number of halogens is 1. The van der Waals surface area contributed by atoms with Crippen molar-refractivity contribution in [3.63, 3.8) is 0 Å². The Bertz CT molecular complexity index is 733. The molecule has 154 valence electrons. The van der Waals surface area contributed by atoms with Crippen LogP contribution in [0.2, 0.25) is 0 Å². The predicted molar refractivity (Wildman–Crippen MR) is 123 cm³/mol. The zero-order chi connectivity index (χ0) is 18.7. The average molecular weight is 498 g/mol. The van der Waals surface area contributed by atoms with E-state index in [0.29, 0.717) is 25.0 Å². The molecule has 0 atom stereocenters. The molecule has 6 nitrogen and oxygen atoms in total. The number of aliphatic imine (C=N–C) groups is 1. The van der Waals surface area contributed by atoms with Gasteiger partial charge in [0, 0.05) is 31.7 Å². The number of carbonyl (C=O) groups excluding carboxylic acids is 1. The first kappa shape index (κ1) is 21.2. The minimum atomic E-state index is 0. The number of nitrogens with one attached hydrogen (secondary N) is 2. The molecule has 1 aromatic carbocycles. The molecule has 1 saturated heterocycles. The van der Waals surface area contributed by atoms with Crippen molar-refractivity contribution in [3.8, 4) is 5.75 Å². The topological polar surface area (TPSA) is 66.0 Å². The molecule has 1 spiro atoms. The van der Waals surface area contributed by atoms with E-state index in [2.05, 4.69) is 22.5 Å². The fourth-order valence-electron chi connectivity index (χ4n) is 4.39. The van der Waals surface area contributed by atoms with Crippen LogP contribution in [-0.4, -0.2) is 49.6 Å². The van der Waals surface area contributed by atoms with E-state index in [0.717, 1.165) is 49.0 Å². The van der Waals surface area contributed by atoms with Crippen LogP contribution in [0.25, 0.3) is 0 Å². The van der Waals surface area contributed by atoms with Gasteiger partial charge in [0.2, 0.25) is 5.91 Å². The smallest absolute Gasteiger partial charge is 0.224 e. The Balaban J connectivity index is 0.00000225. The lowest BCUT2D eigenvalue weighted by Gasteiger charge is -2.38. The summed E-state index contributed by atoms with van der Waals surface area (Å²) in [6.07, 6.45) is 6.77. The molecule has 1 aromatic rings. The molecule has 0 bridgehead atoms. The van der Waals surface area contributed by atoms with Crippen LogP contribution in [0.5, 0.6) is 5.75 Å². The third-order valence-electron chi connectivity index (χ3n) is 6.08. The summed E-state index contributed by atoms with van der Waals surface area (Å²) < 4.78 is 5.90. The molecule has 2 N–H and O–H groups in total. The molecule has 0 radical (unpaired) electrons. The Morgan fingerprint density at radius 2 is 2.18 bits per heavy atom. The number of ether oxygens (including phenoxy) is 1. The second kappa shape index (κ2) is 9.33. The van der Waals surface area contributed by atoms with Gasteiger partial charge in [-0.2, -0.15) is 0 Å². The summed E-state index contributed by atoms with van der Waals surface area (Å²) in [6.45, 7) is 6.46. The largest absolute Gasteiger partial charge is 0.492 e. The number of fused-ring (bicyclic) bond motifs is 1. The molecule has 2 heterocycles. The van der Waals surface area contributed by atoms with Gasteiger partial charge in [0.15, 0.2) is 5.96 Å². The van der Waals surface area contributed by atoms with E-state index in [9.17, 15) is 4.79 Å². The molecule has 1 saturated carbocycles. The van der Waals surface area contributed by atoms with Crippen LogP contribution in [0, 0.1) is 5.41 Å². The van der Waals surface area contributed by atoms with E-state index in [1.165, 1.54) is 25.7 Å². The second-order valence-electron chi connectivity index (χ2n) is 7.98. The number of carbonyl (C=O) groups is 1. The highest BCUT2D eigenvalue weighted by molar-refractivity contribution is 14.0. The molecule has 2 aliphatic heterocycles. The lowest BCUT2D eigenvalue weighted by Crippen LogP contribution is -2.42. The number of amides is 1. The zero-order valence-electron chi connectivity index (χ0n) is 16.6. The Morgan fingerprint density at radius 1 is 1.32 bits per heavy atom. The van der Waals surface area contributed by atoms with Crippen LogP contribution in [-0.2, 0) is 11.2 Å². The lowest BCUT2D eigenvalue weighted by molar-refractivity contribution is -0.116. The fourth-order valence-corrected chi connectivity index (χ4v) is 4.39. The van der Waals surface area contributed by atoms with Crippen molar-refractivity contribution in [2.24, 2.45) is 10.4 Å². The minimum Gasteiger partial charge on any atom is -0.492 e. The third kappa shape index (κ3) is 4.72. The van der Waals surface area contributed by atoms with E-state index in [-0.39, 0.29) is 29.9 Å². The van der Waals surface area contributed by atoms with Crippen molar-refractivity contribution in [2.75, 3.05) is 38.1 Å². The van der Waals surface area contributed by atoms with Crippen LogP contribution in [0.3, 0.4) is 0 Å². The third-order valence-corrected chi connectivity index (χ3v) is 6.08. The van der Waals surface area contributed by atoms with Crippen LogP contribution >= 0.6 is 24.0 Å². The summed E-state index contributed by atoms with van der Waals surface area (Å²) in [5.74, 6) is 1.96. The number of nitrogens with zero attached hydrogens (tertiary/aromatic N) is 2. The van der Waals surface area contributed by atoms with Crippen molar-refractivity contribution in [1.29, 1.82) is 0 Å². The van der Waals surface area contributed by atoms with E-state index >= 15 is 0 Å². The molecule has 2 fully saturated rings. The van der Waals surface area contributed by atoms with E-state index in [1.807, 2.05) is 18.2 Å². The Hall–Kier alpha value is -1.51. The molecule has 3 aliphatic rings. The van der Waals surface area contributed by atoms with Crippen molar-refractivity contribution in [2.45, 2.75) is 45.4 Å². The molecule has 28 heavy (non-hydrogen) atoms. The summed E-state index contributed by atoms with van der Waals surface area (Å²) >= 11 is 0. The first-order chi connectivity index (χ1) is 13.2. The Labute approximate surface area is 184 Å². The minimum absolute atomic E-state index is 0. The standard InChI is InChI=1S/C21H30N4O2.HI/c1-2-22-20(25-12-10-21(15-25)8-3-9-21)23-11-13-27-17-5-6-18-16(14-17)4-7-19(26)24-18;/h5-6,14H,2-4,7-13,15H2,1H3,(H,22,23)(H,24,26);1H. The molecule has 1 amide bonds. The lowest BCUT2D eigenvalue weighted by atomic mass is 9.68. The van der Waals surface area contributed by atoms with Gasteiger partial charge < -0.3 is 20.3 Å². The first-order valence-corrected chi connectivity index (χ1v) is 10.3. The number of aryl methyl sites for hydroxylation is 1. The van der Waals surface area contributed by atoms with Gasteiger partial charge in [0.1, 0.15) is 12.4 Å². The normalized spacial score (nSPS) is 20.1. The first-order valence-electron chi connectivity index (χ1n) is 10.3. The second-order valence-corrected chi connectivity index (χ2v) is 7.98. The summed E-state index contributed by atoms with van der Waals surface area (Å²) in [5.41, 5.74) is 2.63. The maximum absolute atomic E-state index is 11.4. The number of likely N-dealkylation sites (tertiary alicyclic amines) is 1. The molecule has 4 rings (SSSR count). The predicted octanol–water partition coefficient (Wildman–Crippen LogP) is 3.41. The summed E-state index contributed by atoms with van der Waals surface area (Å²) in [5, 5.41) is 6.33. The molecule has 1 aliphatic carbocycles. The van der Waals surface area contributed by atoms with Gasteiger partial charge in [-0.25, -0.2) is 4.99 Å². The molecule has 0 aromatic heterocycles. The number of hydrogen-bond acceptors (Lipinski definition) is 3. The maximum Gasteiger partial charge on any atom is 0.224 e. The highest BCUT2D eigenvalue weighted by atomic mass is 127.